The molecule has 2 amide bonds. The molecule has 0 aliphatic carbocycles. The number of hydrogen-bond acceptors (Lipinski definition) is 5. The molecule has 7 nitrogen and oxygen atoms in total. The van der Waals surface area contributed by atoms with E-state index >= 15 is 0 Å². The molecule has 0 unspecified atom stereocenters. The number of aryl methyl sites for hydroxylation is 2. The van der Waals surface area contributed by atoms with Gasteiger partial charge in [-0.05, 0) is 43.7 Å². The van der Waals surface area contributed by atoms with Crippen molar-refractivity contribution < 1.29 is 9.18 Å². The van der Waals surface area contributed by atoms with Crippen LogP contribution >= 0.6 is 11.3 Å². The van der Waals surface area contributed by atoms with Crippen LogP contribution in [0.3, 0.4) is 0 Å². The van der Waals surface area contributed by atoms with Crippen molar-refractivity contribution in [3.63, 3.8) is 0 Å². The molecule has 29 heavy (non-hydrogen) atoms. The van der Waals surface area contributed by atoms with E-state index in [9.17, 15) is 14.0 Å². The maximum absolute atomic E-state index is 13.0. The van der Waals surface area contributed by atoms with Gasteiger partial charge in [0.2, 0.25) is 0 Å². The number of carbonyl (C=O) groups is 1. The summed E-state index contributed by atoms with van der Waals surface area (Å²) in [6.07, 6.45) is 0. The first kappa shape index (κ1) is 19.5. The van der Waals surface area contributed by atoms with E-state index in [1.807, 2.05) is 13.8 Å². The van der Waals surface area contributed by atoms with Gasteiger partial charge in [-0.2, -0.15) is 0 Å². The summed E-state index contributed by atoms with van der Waals surface area (Å²) >= 11 is 1.54. The summed E-state index contributed by atoms with van der Waals surface area (Å²) in [5.41, 5.74) is 1.46. The number of aromatic amines is 1. The van der Waals surface area contributed by atoms with Crippen molar-refractivity contribution in [3.05, 3.63) is 56.7 Å². The molecule has 3 heterocycles. The minimum atomic E-state index is -0.339. The zero-order valence-corrected chi connectivity index (χ0v) is 17.1. The van der Waals surface area contributed by atoms with Gasteiger partial charge in [-0.3, -0.25) is 9.69 Å². The van der Waals surface area contributed by atoms with Crippen LogP contribution in [0.4, 0.5) is 14.9 Å². The molecule has 2 aromatic heterocycles. The van der Waals surface area contributed by atoms with Crippen molar-refractivity contribution in [1.82, 2.24) is 19.8 Å². The summed E-state index contributed by atoms with van der Waals surface area (Å²) < 4.78 is 13.0. The number of hydrogen-bond donors (Lipinski definition) is 2. The highest BCUT2D eigenvalue weighted by Gasteiger charge is 2.22. The predicted octanol–water partition coefficient (Wildman–Crippen LogP) is 3.09. The van der Waals surface area contributed by atoms with Crippen LogP contribution in [-0.4, -0.2) is 52.0 Å². The molecule has 1 aromatic carbocycles. The fraction of sp³-hybridized carbons (Fsp3) is 0.350. The Kier molecular flexibility index (Phi) is 5.33. The third kappa shape index (κ3) is 4.15. The fourth-order valence-corrected chi connectivity index (χ4v) is 4.48. The number of carbonyl (C=O) groups excluding carboxylic acids is 1. The highest BCUT2D eigenvalue weighted by molar-refractivity contribution is 7.18. The highest BCUT2D eigenvalue weighted by Crippen LogP contribution is 2.25. The normalized spacial score (nSPS) is 15.1. The Hall–Kier alpha value is -2.78. The number of rotatable bonds is 3. The van der Waals surface area contributed by atoms with Crippen molar-refractivity contribution in [3.8, 4) is 0 Å². The number of amides is 2. The first-order valence-corrected chi connectivity index (χ1v) is 10.2. The Bertz CT molecular complexity index is 1100. The smallest absolute Gasteiger partial charge is 0.321 e. The number of fused-ring (bicyclic) bond motifs is 1. The minimum absolute atomic E-state index is 0.0934. The molecule has 1 fully saturated rings. The van der Waals surface area contributed by atoms with Gasteiger partial charge in [0.05, 0.1) is 11.9 Å². The Morgan fingerprint density at radius 2 is 1.90 bits per heavy atom. The van der Waals surface area contributed by atoms with Crippen molar-refractivity contribution in [2.24, 2.45) is 0 Å². The van der Waals surface area contributed by atoms with Crippen molar-refractivity contribution in [2.75, 3.05) is 31.5 Å². The quantitative estimate of drug-likeness (QED) is 0.689. The Labute approximate surface area is 171 Å². The van der Waals surface area contributed by atoms with E-state index in [2.05, 4.69) is 20.2 Å². The second-order valence-electron chi connectivity index (χ2n) is 7.18. The van der Waals surface area contributed by atoms with E-state index in [1.54, 1.807) is 16.2 Å². The topological polar surface area (TPSA) is 81.3 Å². The molecule has 9 heteroatoms. The van der Waals surface area contributed by atoms with Crippen LogP contribution < -0.4 is 10.9 Å². The number of benzene rings is 1. The number of nitrogens with one attached hydrogen (secondary N) is 2. The first-order valence-electron chi connectivity index (χ1n) is 9.43. The van der Waals surface area contributed by atoms with Gasteiger partial charge in [-0.15, -0.1) is 11.3 Å². The van der Waals surface area contributed by atoms with E-state index in [0.29, 0.717) is 49.6 Å². The second kappa shape index (κ2) is 7.92. The molecule has 0 bridgehead atoms. The van der Waals surface area contributed by atoms with Crippen LogP contribution in [0.2, 0.25) is 0 Å². The molecule has 4 rings (SSSR count). The summed E-state index contributed by atoms with van der Waals surface area (Å²) in [6, 6.07) is 5.50. The summed E-state index contributed by atoms with van der Waals surface area (Å²) in [6.45, 7) is 6.97. The number of aromatic nitrogens is 2. The molecule has 152 valence electrons. The van der Waals surface area contributed by atoms with Gasteiger partial charge in [0.15, 0.2) is 0 Å². The third-order valence-corrected chi connectivity index (χ3v) is 6.32. The molecule has 1 saturated heterocycles. The summed E-state index contributed by atoms with van der Waals surface area (Å²) in [4.78, 5) is 38.1. The van der Waals surface area contributed by atoms with Crippen LogP contribution in [0.25, 0.3) is 10.2 Å². The number of urea groups is 1. The predicted molar refractivity (Wildman–Crippen MR) is 112 cm³/mol. The minimum Gasteiger partial charge on any atom is -0.322 e. The van der Waals surface area contributed by atoms with E-state index in [0.717, 1.165) is 15.3 Å². The van der Waals surface area contributed by atoms with Gasteiger partial charge in [-0.25, -0.2) is 14.2 Å². The Morgan fingerprint density at radius 1 is 1.21 bits per heavy atom. The molecule has 0 radical (unpaired) electrons. The highest BCUT2D eigenvalue weighted by atomic mass is 32.1. The number of piperazine rings is 1. The van der Waals surface area contributed by atoms with Gasteiger partial charge in [0, 0.05) is 36.7 Å². The van der Waals surface area contributed by atoms with Gasteiger partial charge in [0.25, 0.3) is 5.56 Å². The van der Waals surface area contributed by atoms with Crippen molar-refractivity contribution >= 4 is 33.3 Å². The molecule has 2 N–H and O–H groups in total. The lowest BCUT2D eigenvalue weighted by molar-refractivity contribution is 0.141. The van der Waals surface area contributed by atoms with Crippen LogP contribution in [-0.2, 0) is 6.54 Å². The maximum Gasteiger partial charge on any atom is 0.321 e. The molecular formula is C20H22FN5O2S. The van der Waals surface area contributed by atoms with Crippen LogP contribution in [0, 0.1) is 19.7 Å². The fourth-order valence-electron chi connectivity index (χ4n) is 3.43. The van der Waals surface area contributed by atoms with E-state index in [-0.39, 0.29) is 17.4 Å². The first-order chi connectivity index (χ1) is 13.9. The van der Waals surface area contributed by atoms with Gasteiger partial charge in [-0.1, -0.05) is 0 Å². The number of anilines is 1. The van der Waals surface area contributed by atoms with Gasteiger partial charge < -0.3 is 15.2 Å². The number of thiophene rings is 1. The van der Waals surface area contributed by atoms with E-state index < -0.39 is 0 Å². The lowest BCUT2D eigenvalue weighted by Gasteiger charge is -2.34. The molecule has 0 saturated carbocycles. The lowest BCUT2D eigenvalue weighted by Crippen LogP contribution is -2.49. The number of nitrogens with zero attached hydrogens (tertiary/aromatic N) is 3. The Morgan fingerprint density at radius 3 is 2.59 bits per heavy atom. The average molecular weight is 415 g/mol. The van der Waals surface area contributed by atoms with Crippen molar-refractivity contribution in [2.45, 2.75) is 20.4 Å². The standard InChI is InChI=1S/C20H22FN5O2S/c1-12-13(2)29-19-17(12)18(27)23-16(24-19)11-25-7-9-26(10-8-25)20(28)22-15-5-3-14(21)4-6-15/h3-6H,7-11H2,1-2H3,(H,22,28)(H,23,24,27). The lowest BCUT2D eigenvalue weighted by atomic mass is 10.2. The Balaban J connectivity index is 1.36. The largest absolute Gasteiger partial charge is 0.322 e. The molecule has 1 aliphatic heterocycles. The molecule has 0 spiro atoms. The molecule has 0 atom stereocenters. The number of halogens is 1. The molecule has 3 aromatic rings. The summed E-state index contributed by atoms with van der Waals surface area (Å²) in [5.74, 6) is 0.308. The van der Waals surface area contributed by atoms with E-state index in [4.69, 9.17) is 0 Å². The monoisotopic (exact) mass is 415 g/mol. The average Bonchev–Trinajstić information content (AvgIpc) is 2.98. The summed E-state index contributed by atoms with van der Waals surface area (Å²) in [7, 11) is 0. The summed E-state index contributed by atoms with van der Waals surface area (Å²) in [5, 5.41) is 3.46. The number of H-pyrrole nitrogens is 1. The maximum atomic E-state index is 13.0. The zero-order valence-electron chi connectivity index (χ0n) is 16.3. The van der Waals surface area contributed by atoms with Gasteiger partial charge >= 0.3 is 6.03 Å². The van der Waals surface area contributed by atoms with Gasteiger partial charge in [0.1, 0.15) is 16.5 Å². The zero-order chi connectivity index (χ0) is 20.5. The molecule has 1 aliphatic rings. The van der Waals surface area contributed by atoms with Crippen LogP contribution in [0.15, 0.2) is 29.1 Å². The van der Waals surface area contributed by atoms with Crippen LogP contribution in [0.1, 0.15) is 16.3 Å². The van der Waals surface area contributed by atoms with E-state index in [1.165, 1.54) is 24.3 Å². The third-order valence-electron chi connectivity index (χ3n) is 5.22. The second-order valence-corrected chi connectivity index (χ2v) is 8.38. The van der Waals surface area contributed by atoms with Crippen molar-refractivity contribution in [1.29, 1.82) is 0 Å². The SMILES string of the molecule is Cc1sc2nc(CN3CCN(C(=O)Nc4ccc(F)cc4)CC3)[nH]c(=O)c2c1C. The van der Waals surface area contributed by atoms with Crippen LogP contribution in [0.5, 0.6) is 0 Å². The molecular weight excluding hydrogens is 393 g/mol.